The zero-order chi connectivity index (χ0) is 24.5. The van der Waals surface area contributed by atoms with E-state index in [1.54, 1.807) is 17.9 Å². The van der Waals surface area contributed by atoms with Crippen LogP contribution in [0.5, 0.6) is 0 Å². The summed E-state index contributed by atoms with van der Waals surface area (Å²) < 4.78 is 42.2. The van der Waals surface area contributed by atoms with Gasteiger partial charge in [-0.25, -0.2) is 0 Å². The van der Waals surface area contributed by atoms with Crippen LogP contribution in [0.4, 0.5) is 13.2 Å². The average molecular weight is 461 g/mol. The Kier molecular flexibility index (Phi) is 6.43. The smallest absolute Gasteiger partial charge is 0.348 e. The molecule has 3 aromatic rings. The number of hydrogen-bond donors (Lipinski definition) is 1. The van der Waals surface area contributed by atoms with Gasteiger partial charge in [0.05, 0.1) is 17.3 Å². The molecule has 1 N–H and O–H groups in total. The molecule has 11 heteroatoms. The summed E-state index contributed by atoms with van der Waals surface area (Å²) >= 11 is 0. The molecule has 0 aliphatic heterocycles. The molecule has 8 nitrogen and oxygen atoms in total. The molecule has 2 amide bonds. The molecular formula is C22H22F3N5O3. The van der Waals surface area contributed by atoms with Gasteiger partial charge in [-0.1, -0.05) is 6.07 Å². The number of carbonyl (C=O) groups excluding carboxylic acids is 2. The first-order valence-corrected chi connectivity index (χ1v) is 9.81. The third-order valence-corrected chi connectivity index (χ3v) is 4.97. The molecule has 1 aromatic carbocycles. The molecule has 0 spiro atoms. The van der Waals surface area contributed by atoms with Gasteiger partial charge in [-0.15, -0.1) is 0 Å². The van der Waals surface area contributed by atoms with Crippen molar-refractivity contribution >= 4 is 11.8 Å². The van der Waals surface area contributed by atoms with Crippen molar-refractivity contribution in [1.29, 1.82) is 0 Å². The lowest BCUT2D eigenvalue weighted by Crippen LogP contribution is -2.35. The van der Waals surface area contributed by atoms with Crippen LogP contribution in [0, 0.1) is 6.92 Å². The maximum atomic E-state index is 13.2. The van der Waals surface area contributed by atoms with E-state index >= 15 is 0 Å². The number of halogens is 3. The molecule has 0 aliphatic rings. The Labute approximate surface area is 187 Å². The van der Waals surface area contributed by atoms with E-state index in [4.69, 9.17) is 0 Å². The van der Waals surface area contributed by atoms with E-state index in [-0.39, 0.29) is 29.1 Å². The molecule has 2 aromatic heterocycles. The fourth-order valence-electron chi connectivity index (χ4n) is 3.30. The maximum absolute atomic E-state index is 13.2. The molecule has 174 valence electrons. The Hall–Kier alpha value is -3.89. The minimum Gasteiger partial charge on any atom is -0.348 e. The van der Waals surface area contributed by atoms with E-state index in [0.717, 1.165) is 22.8 Å². The average Bonchev–Trinajstić information content (AvgIpc) is 3.16. The van der Waals surface area contributed by atoms with Crippen LogP contribution in [-0.4, -0.2) is 45.2 Å². The summed E-state index contributed by atoms with van der Waals surface area (Å²) in [4.78, 5) is 40.1. The van der Waals surface area contributed by atoms with Crippen molar-refractivity contribution in [1.82, 2.24) is 24.6 Å². The number of aryl methyl sites for hydroxylation is 1. The van der Waals surface area contributed by atoms with Gasteiger partial charge in [0, 0.05) is 50.8 Å². The predicted molar refractivity (Wildman–Crippen MR) is 114 cm³/mol. The van der Waals surface area contributed by atoms with Crippen LogP contribution in [0.15, 0.2) is 47.5 Å². The molecule has 2 heterocycles. The van der Waals surface area contributed by atoms with Crippen LogP contribution < -0.4 is 10.9 Å². The number of carbonyl (C=O) groups is 2. The lowest BCUT2D eigenvalue weighted by atomic mass is 10.1. The minimum absolute atomic E-state index is 0.0172. The van der Waals surface area contributed by atoms with Crippen LogP contribution in [0.1, 0.15) is 37.5 Å². The fourth-order valence-corrected chi connectivity index (χ4v) is 3.30. The number of alkyl halides is 3. The lowest BCUT2D eigenvalue weighted by molar-refractivity contribution is -0.137. The Morgan fingerprint density at radius 3 is 2.42 bits per heavy atom. The normalized spacial score (nSPS) is 11.4. The lowest BCUT2D eigenvalue weighted by Gasteiger charge is -2.19. The standard InChI is InChI=1S/C22H22F3N5O3/c1-13-17(20(32)28(2)3)9-18(19(31)26-10-14-11-27-29(4)12-14)21(33)30(13)16-7-5-6-15(8-16)22(23,24)25/h5-9,11-12H,10H2,1-4H3,(H,26,31). The molecule has 3 rings (SSSR count). The third-order valence-electron chi connectivity index (χ3n) is 4.97. The highest BCUT2D eigenvalue weighted by atomic mass is 19.4. The van der Waals surface area contributed by atoms with Crippen molar-refractivity contribution in [2.24, 2.45) is 7.05 Å². The summed E-state index contributed by atoms with van der Waals surface area (Å²) in [6.07, 6.45) is -1.41. The first-order valence-electron chi connectivity index (χ1n) is 9.81. The van der Waals surface area contributed by atoms with Crippen LogP contribution in [0.3, 0.4) is 0 Å². The number of amides is 2. The summed E-state index contributed by atoms with van der Waals surface area (Å²) in [5.74, 6) is -1.27. The minimum atomic E-state index is -4.63. The summed E-state index contributed by atoms with van der Waals surface area (Å²) in [5.41, 5.74) is -1.47. The predicted octanol–water partition coefficient (Wildman–Crippen LogP) is 2.53. The first-order chi connectivity index (χ1) is 15.4. The number of nitrogens with one attached hydrogen (secondary N) is 1. The number of pyridine rings is 1. The van der Waals surface area contributed by atoms with E-state index < -0.39 is 29.1 Å². The molecular weight excluding hydrogens is 439 g/mol. The molecule has 0 saturated heterocycles. The van der Waals surface area contributed by atoms with Gasteiger partial charge in [0.15, 0.2) is 0 Å². The van der Waals surface area contributed by atoms with Crippen LogP contribution in [0.25, 0.3) is 5.69 Å². The molecule has 0 bridgehead atoms. The van der Waals surface area contributed by atoms with Crippen LogP contribution >= 0.6 is 0 Å². The highest BCUT2D eigenvalue weighted by Crippen LogP contribution is 2.30. The summed E-state index contributed by atoms with van der Waals surface area (Å²) in [6.45, 7) is 1.51. The topological polar surface area (TPSA) is 89.2 Å². The summed E-state index contributed by atoms with van der Waals surface area (Å²) in [7, 11) is 4.69. The molecule has 0 saturated carbocycles. The second-order valence-electron chi connectivity index (χ2n) is 7.65. The van der Waals surface area contributed by atoms with E-state index in [2.05, 4.69) is 10.4 Å². The van der Waals surface area contributed by atoms with E-state index in [1.807, 2.05) is 0 Å². The van der Waals surface area contributed by atoms with Gasteiger partial charge in [-0.3, -0.25) is 23.6 Å². The maximum Gasteiger partial charge on any atom is 0.416 e. The van der Waals surface area contributed by atoms with Crippen molar-refractivity contribution in [2.45, 2.75) is 19.6 Å². The van der Waals surface area contributed by atoms with Gasteiger partial charge in [0.2, 0.25) is 0 Å². The van der Waals surface area contributed by atoms with Crippen molar-refractivity contribution in [2.75, 3.05) is 14.1 Å². The SMILES string of the molecule is Cc1c(C(=O)N(C)C)cc(C(=O)NCc2cnn(C)c2)c(=O)n1-c1cccc(C(F)(F)F)c1. The molecule has 0 radical (unpaired) electrons. The van der Waals surface area contributed by atoms with Gasteiger partial charge in [-0.05, 0) is 31.2 Å². The first kappa shape index (κ1) is 23.8. The number of benzene rings is 1. The summed E-state index contributed by atoms with van der Waals surface area (Å²) in [5, 5.41) is 6.58. The van der Waals surface area contributed by atoms with E-state index in [0.29, 0.717) is 5.56 Å². The fraction of sp³-hybridized carbons (Fsp3) is 0.273. The number of nitrogens with zero attached hydrogens (tertiary/aromatic N) is 4. The largest absolute Gasteiger partial charge is 0.416 e. The van der Waals surface area contributed by atoms with E-state index in [1.165, 1.54) is 44.2 Å². The molecule has 0 aliphatic carbocycles. The van der Waals surface area contributed by atoms with Crippen molar-refractivity contribution in [3.8, 4) is 5.69 Å². The molecule has 0 fully saturated rings. The monoisotopic (exact) mass is 461 g/mol. The van der Waals surface area contributed by atoms with Crippen LogP contribution in [0.2, 0.25) is 0 Å². The van der Waals surface area contributed by atoms with Crippen molar-refractivity contribution in [3.05, 3.63) is 81.0 Å². The van der Waals surface area contributed by atoms with Crippen LogP contribution in [-0.2, 0) is 19.8 Å². The molecule has 33 heavy (non-hydrogen) atoms. The molecule has 0 atom stereocenters. The second-order valence-corrected chi connectivity index (χ2v) is 7.65. The van der Waals surface area contributed by atoms with Crippen molar-refractivity contribution in [3.63, 3.8) is 0 Å². The highest BCUT2D eigenvalue weighted by molar-refractivity contribution is 6.00. The zero-order valence-corrected chi connectivity index (χ0v) is 18.4. The summed E-state index contributed by atoms with van der Waals surface area (Å²) in [6, 6.07) is 5.32. The zero-order valence-electron chi connectivity index (χ0n) is 18.4. The highest BCUT2D eigenvalue weighted by Gasteiger charge is 2.31. The third kappa shape index (κ3) is 4.97. The van der Waals surface area contributed by atoms with Gasteiger partial charge in [0.1, 0.15) is 5.56 Å². The Morgan fingerprint density at radius 1 is 1.15 bits per heavy atom. The quantitative estimate of drug-likeness (QED) is 0.633. The van der Waals surface area contributed by atoms with E-state index in [9.17, 15) is 27.6 Å². The van der Waals surface area contributed by atoms with Gasteiger partial charge >= 0.3 is 6.18 Å². The Bertz CT molecular complexity index is 1280. The Morgan fingerprint density at radius 2 is 1.85 bits per heavy atom. The van der Waals surface area contributed by atoms with Crippen molar-refractivity contribution < 1.29 is 22.8 Å². The number of rotatable bonds is 5. The number of hydrogen-bond acceptors (Lipinski definition) is 4. The second kappa shape index (κ2) is 8.93. The number of aromatic nitrogens is 3. The van der Waals surface area contributed by atoms with Gasteiger partial charge in [-0.2, -0.15) is 18.3 Å². The molecule has 0 unspecified atom stereocenters. The Balaban J connectivity index is 2.15. The van der Waals surface area contributed by atoms with Gasteiger partial charge < -0.3 is 10.2 Å². The van der Waals surface area contributed by atoms with Gasteiger partial charge in [0.25, 0.3) is 17.4 Å².